The molecule has 0 aliphatic carbocycles. The molecule has 0 bridgehead atoms. The number of amides is 1. The van der Waals surface area contributed by atoms with E-state index in [0.29, 0.717) is 23.6 Å². The minimum Gasteiger partial charge on any atom is -0.494 e. The van der Waals surface area contributed by atoms with Gasteiger partial charge in [-0.05, 0) is 25.5 Å². The van der Waals surface area contributed by atoms with Crippen molar-refractivity contribution in [3.05, 3.63) is 35.5 Å². The number of hydrogen-bond acceptors (Lipinski definition) is 5. The average molecular weight is 314 g/mol. The Morgan fingerprint density at radius 2 is 2.04 bits per heavy atom. The largest absolute Gasteiger partial charge is 0.494 e. The van der Waals surface area contributed by atoms with Crippen LogP contribution in [0.25, 0.3) is 11.3 Å². The molecule has 0 fully saturated rings. The van der Waals surface area contributed by atoms with Crippen molar-refractivity contribution in [3.8, 4) is 17.0 Å². The average Bonchev–Trinajstić information content (AvgIpc) is 2.51. The van der Waals surface area contributed by atoms with Crippen molar-refractivity contribution >= 4 is 11.9 Å². The molecule has 0 unspecified atom stereocenters. The summed E-state index contributed by atoms with van der Waals surface area (Å²) in [4.78, 5) is 22.4. The van der Waals surface area contributed by atoms with E-state index in [4.69, 9.17) is 10.5 Å². The Bertz CT molecular complexity index is 714. The lowest BCUT2D eigenvalue weighted by atomic mass is 10.0. The van der Waals surface area contributed by atoms with Gasteiger partial charge in [-0.3, -0.25) is 4.79 Å². The third-order valence-corrected chi connectivity index (χ3v) is 3.31. The van der Waals surface area contributed by atoms with E-state index < -0.39 is 0 Å². The predicted molar refractivity (Wildman–Crippen MR) is 90.4 cm³/mol. The van der Waals surface area contributed by atoms with Gasteiger partial charge in [-0.15, -0.1) is 0 Å². The summed E-state index contributed by atoms with van der Waals surface area (Å²) in [6, 6.07) is 7.50. The van der Waals surface area contributed by atoms with E-state index in [1.165, 1.54) is 4.90 Å². The van der Waals surface area contributed by atoms with Gasteiger partial charge in [0.2, 0.25) is 5.95 Å². The number of anilines is 1. The number of carbonyl (C=O) groups is 1. The summed E-state index contributed by atoms with van der Waals surface area (Å²) in [6.45, 7) is 4.44. The molecule has 1 aromatic heterocycles. The molecule has 2 rings (SSSR count). The van der Waals surface area contributed by atoms with Gasteiger partial charge in [0, 0.05) is 19.7 Å². The van der Waals surface area contributed by atoms with Gasteiger partial charge in [-0.2, -0.15) is 0 Å². The summed E-state index contributed by atoms with van der Waals surface area (Å²) < 4.78 is 5.66. The number of rotatable bonds is 5. The van der Waals surface area contributed by atoms with Crippen LogP contribution >= 0.6 is 0 Å². The van der Waals surface area contributed by atoms with Crippen LogP contribution < -0.4 is 10.5 Å². The quantitative estimate of drug-likeness (QED) is 0.917. The second kappa shape index (κ2) is 7.09. The van der Waals surface area contributed by atoms with Gasteiger partial charge in [-0.25, -0.2) is 9.97 Å². The van der Waals surface area contributed by atoms with Crippen LogP contribution in [0.4, 0.5) is 5.95 Å². The molecule has 1 amide bonds. The summed E-state index contributed by atoms with van der Waals surface area (Å²) in [7, 11) is 3.39. The molecule has 0 atom stereocenters. The zero-order chi connectivity index (χ0) is 17.0. The molecule has 1 heterocycles. The lowest BCUT2D eigenvalue weighted by molar-refractivity contribution is 0.0827. The smallest absolute Gasteiger partial charge is 0.257 e. The first-order chi connectivity index (χ1) is 10.9. The standard InChI is InChI=1S/C17H22N4O2/c1-5-9-23-13-8-6-7-12(10-13)15-14(16(22)21(3)4)11(2)19-17(18)20-15/h6-8,10H,5,9H2,1-4H3,(H2,18,19,20). The van der Waals surface area contributed by atoms with Gasteiger partial charge in [0.25, 0.3) is 5.91 Å². The fourth-order valence-electron chi connectivity index (χ4n) is 2.24. The van der Waals surface area contributed by atoms with Gasteiger partial charge in [0.15, 0.2) is 0 Å². The van der Waals surface area contributed by atoms with Crippen molar-refractivity contribution in [3.63, 3.8) is 0 Å². The summed E-state index contributed by atoms with van der Waals surface area (Å²) >= 11 is 0. The second-order valence-electron chi connectivity index (χ2n) is 5.47. The normalized spacial score (nSPS) is 10.4. The molecule has 0 spiro atoms. The SMILES string of the molecule is CCCOc1cccc(-c2nc(N)nc(C)c2C(=O)N(C)C)c1. The maximum Gasteiger partial charge on any atom is 0.257 e. The number of aromatic nitrogens is 2. The maximum absolute atomic E-state index is 12.5. The van der Waals surface area contributed by atoms with Crippen molar-refractivity contribution in [1.29, 1.82) is 0 Å². The van der Waals surface area contributed by atoms with E-state index >= 15 is 0 Å². The number of aryl methyl sites for hydroxylation is 1. The molecule has 1 aromatic carbocycles. The van der Waals surface area contributed by atoms with Crippen molar-refractivity contribution in [2.45, 2.75) is 20.3 Å². The molecule has 0 aliphatic heterocycles. The Labute approximate surface area is 136 Å². The minimum atomic E-state index is -0.155. The molecule has 2 aromatic rings. The number of nitrogens with zero attached hydrogens (tertiary/aromatic N) is 3. The van der Waals surface area contributed by atoms with E-state index in [-0.39, 0.29) is 11.9 Å². The number of nitrogen functional groups attached to an aromatic ring is 1. The van der Waals surface area contributed by atoms with Crippen LogP contribution in [0.1, 0.15) is 29.4 Å². The number of nitrogens with two attached hydrogens (primary N) is 1. The zero-order valence-electron chi connectivity index (χ0n) is 14.0. The Kier molecular flexibility index (Phi) is 5.16. The van der Waals surface area contributed by atoms with E-state index in [2.05, 4.69) is 9.97 Å². The first kappa shape index (κ1) is 16.7. The molecular formula is C17H22N4O2. The van der Waals surface area contributed by atoms with E-state index in [1.54, 1.807) is 21.0 Å². The third kappa shape index (κ3) is 3.77. The van der Waals surface area contributed by atoms with Gasteiger partial charge in [0.1, 0.15) is 5.75 Å². The fraction of sp³-hybridized carbons (Fsp3) is 0.353. The minimum absolute atomic E-state index is 0.146. The number of benzene rings is 1. The summed E-state index contributed by atoms with van der Waals surface area (Å²) in [5.74, 6) is 0.729. The molecule has 2 N–H and O–H groups in total. The highest BCUT2D eigenvalue weighted by atomic mass is 16.5. The van der Waals surface area contributed by atoms with Crippen LogP contribution in [0, 0.1) is 6.92 Å². The van der Waals surface area contributed by atoms with Crippen LogP contribution in [-0.4, -0.2) is 41.5 Å². The first-order valence-electron chi connectivity index (χ1n) is 7.53. The Hall–Kier alpha value is -2.63. The maximum atomic E-state index is 12.5. The van der Waals surface area contributed by atoms with Crippen LogP contribution in [0.5, 0.6) is 5.75 Å². The Morgan fingerprint density at radius 1 is 1.30 bits per heavy atom. The summed E-state index contributed by atoms with van der Waals surface area (Å²) in [5, 5.41) is 0. The van der Waals surface area contributed by atoms with Crippen molar-refractivity contribution < 1.29 is 9.53 Å². The number of hydrogen-bond donors (Lipinski definition) is 1. The van der Waals surface area contributed by atoms with Crippen molar-refractivity contribution in [2.75, 3.05) is 26.4 Å². The molecule has 6 nitrogen and oxygen atoms in total. The van der Waals surface area contributed by atoms with Gasteiger partial charge in [-0.1, -0.05) is 19.1 Å². The van der Waals surface area contributed by atoms with Gasteiger partial charge < -0.3 is 15.4 Å². The van der Waals surface area contributed by atoms with E-state index in [0.717, 1.165) is 17.7 Å². The molecular weight excluding hydrogens is 292 g/mol. The van der Waals surface area contributed by atoms with Crippen LogP contribution in [0.3, 0.4) is 0 Å². The highest BCUT2D eigenvalue weighted by molar-refractivity contribution is 6.00. The zero-order valence-corrected chi connectivity index (χ0v) is 14.0. The monoisotopic (exact) mass is 314 g/mol. The molecule has 0 radical (unpaired) electrons. The fourth-order valence-corrected chi connectivity index (χ4v) is 2.24. The first-order valence-corrected chi connectivity index (χ1v) is 7.53. The highest BCUT2D eigenvalue weighted by Gasteiger charge is 2.21. The molecule has 0 aliphatic rings. The number of carbonyl (C=O) groups excluding carboxylic acids is 1. The summed E-state index contributed by atoms with van der Waals surface area (Å²) in [5.41, 5.74) is 8.10. The predicted octanol–water partition coefficient (Wildman–Crippen LogP) is 2.52. The highest BCUT2D eigenvalue weighted by Crippen LogP contribution is 2.28. The van der Waals surface area contributed by atoms with Crippen molar-refractivity contribution in [2.24, 2.45) is 0 Å². The van der Waals surface area contributed by atoms with Crippen LogP contribution in [-0.2, 0) is 0 Å². The lowest BCUT2D eigenvalue weighted by Crippen LogP contribution is -2.24. The topological polar surface area (TPSA) is 81.3 Å². The summed E-state index contributed by atoms with van der Waals surface area (Å²) in [6.07, 6.45) is 0.925. The third-order valence-electron chi connectivity index (χ3n) is 3.31. The second-order valence-corrected chi connectivity index (χ2v) is 5.47. The van der Waals surface area contributed by atoms with E-state index in [9.17, 15) is 4.79 Å². The number of ether oxygens (including phenoxy) is 1. The van der Waals surface area contributed by atoms with E-state index in [1.807, 2.05) is 31.2 Å². The van der Waals surface area contributed by atoms with Gasteiger partial charge >= 0.3 is 0 Å². The Morgan fingerprint density at radius 3 is 2.70 bits per heavy atom. The molecule has 23 heavy (non-hydrogen) atoms. The van der Waals surface area contributed by atoms with Crippen LogP contribution in [0.2, 0.25) is 0 Å². The van der Waals surface area contributed by atoms with Crippen LogP contribution in [0.15, 0.2) is 24.3 Å². The Balaban J connectivity index is 2.56. The lowest BCUT2D eigenvalue weighted by Gasteiger charge is -2.16. The van der Waals surface area contributed by atoms with Gasteiger partial charge in [0.05, 0.1) is 23.6 Å². The molecule has 0 saturated carbocycles. The molecule has 6 heteroatoms. The molecule has 122 valence electrons. The van der Waals surface area contributed by atoms with Crippen molar-refractivity contribution in [1.82, 2.24) is 14.9 Å². The molecule has 0 saturated heterocycles.